The molecule has 0 spiro atoms. The predicted octanol–water partition coefficient (Wildman–Crippen LogP) is 3.07. The molecule has 9 heteroatoms. The molecule has 0 radical (unpaired) electrons. The Labute approximate surface area is 166 Å². The van der Waals surface area contributed by atoms with E-state index in [0.717, 1.165) is 11.3 Å². The second kappa shape index (κ2) is 8.42. The number of furan rings is 1. The van der Waals surface area contributed by atoms with Gasteiger partial charge in [0.05, 0.1) is 19.4 Å². The Morgan fingerprint density at radius 2 is 1.83 bits per heavy atom. The molecule has 9 nitrogen and oxygen atoms in total. The molecule has 3 rings (SSSR count). The van der Waals surface area contributed by atoms with Crippen LogP contribution in [0.25, 0.3) is 11.3 Å². The first-order valence-corrected chi connectivity index (χ1v) is 8.80. The highest BCUT2D eigenvalue weighted by molar-refractivity contribution is 6.09. The summed E-state index contributed by atoms with van der Waals surface area (Å²) in [5.74, 6) is -0.239. The molecule has 1 aromatic carbocycles. The van der Waals surface area contributed by atoms with E-state index in [1.54, 1.807) is 33.1 Å². The van der Waals surface area contributed by atoms with Gasteiger partial charge in [0, 0.05) is 5.56 Å². The number of aromatic nitrogens is 2. The largest absolute Gasteiger partial charge is 0.497 e. The summed E-state index contributed by atoms with van der Waals surface area (Å²) in [4.78, 5) is 24.1. The van der Waals surface area contributed by atoms with Gasteiger partial charge in [-0.3, -0.25) is 4.79 Å². The third-order valence-electron chi connectivity index (χ3n) is 4.10. The van der Waals surface area contributed by atoms with E-state index in [0.29, 0.717) is 11.5 Å². The maximum absolute atomic E-state index is 12.1. The second-order valence-electron chi connectivity index (χ2n) is 5.98. The van der Waals surface area contributed by atoms with Gasteiger partial charge in [0.25, 0.3) is 5.91 Å². The maximum Gasteiger partial charge on any atom is 0.342 e. The van der Waals surface area contributed by atoms with Gasteiger partial charge in [-0.2, -0.15) is 0 Å². The number of ether oxygens (including phenoxy) is 2. The van der Waals surface area contributed by atoms with Crippen LogP contribution in [-0.4, -0.2) is 35.8 Å². The van der Waals surface area contributed by atoms with E-state index in [9.17, 15) is 9.59 Å². The summed E-state index contributed by atoms with van der Waals surface area (Å²) in [5, 5.41) is 11.1. The minimum atomic E-state index is -0.824. The van der Waals surface area contributed by atoms with Gasteiger partial charge in [-0.25, -0.2) is 4.79 Å². The van der Waals surface area contributed by atoms with Gasteiger partial charge in [-0.15, -0.1) is 10.2 Å². The zero-order valence-corrected chi connectivity index (χ0v) is 16.2. The number of esters is 1. The Bertz CT molecular complexity index is 1030. The Hall–Kier alpha value is -3.88. The zero-order valence-electron chi connectivity index (χ0n) is 16.2. The van der Waals surface area contributed by atoms with E-state index < -0.39 is 11.9 Å². The molecule has 0 unspecified atom stereocenters. The van der Waals surface area contributed by atoms with Gasteiger partial charge in [0.1, 0.15) is 22.6 Å². The van der Waals surface area contributed by atoms with Crippen molar-refractivity contribution in [1.29, 1.82) is 0 Å². The van der Waals surface area contributed by atoms with Crippen molar-refractivity contribution in [2.45, 2.75) is 13.8 Å². The minimum Gasteiger partial charge on any atom is -0.497 e. The van der Waals surface area contributed by atoms with Gasteiger partial charge >= 0.3 is 5.97 Å². The number of nitrogens with one attached hydrogen (secondary N) is 1. The highest BCUT2D eigenvalue weighted by atomic mass is 16.5. The molecule has 0 aliphatic heterocycles. The molecule has 3 N–H and O–H groups in total. The van der Waals surface area contributed by atoms with E-state index in [1.165, 1.54) is 0 Å². The van der Waals surface area contributed by atoms with Crippen LogP contribution in [0.1, 0.15) is 33.4 Å². The molecule has 2 aromatic heterocycles. The van der Waals surface area contributed by atoms with Crippen molar-refractivity contribution in [1.82, 2.24) is 10.2 Å². The summed E-state index contributed by atoms with van der Waals surface area (Å²) in [6.45, 7) is 3.36. The molecule has 2 heterocycles. The van der Waals surface area contributed by atoms with Gasteiger partial charge in [0.2, 0.25) is 5.88 Å². The predicted molar refractivity (Wildman–Crippen MR) is 105 cm³/mol. The van der Waals surface area contributed by atoms with Crippen molar-refractivity contribution in [3.8, 4) is 17.0 Å². The van der Waals surface area contributed by atoms with E-state index in [1.807, 2.05) is 24.3 Å². The molecular weight excluding hydrogens is 376 g/mol. The number of hydrogen-bond acceptors (Lipinski definition) is 8. The molecule has 150 valence electrons. The number of anilines is 2. The number of benzene rings is 1. The van der Waals surface area contributed by atoms with Crippen molar-refractivity contribution in [3.05, 3.63) is 53.3 Å². The highest BCUT2D eigenvalue weighted by Gasteiger charge is 2.28. The van der Waals surface area contributed by atoms with E-state index in [-0.39, 0.29) is 29.4 Å². The van der Waals surface area contributed by atoms with Crippen LogP contribution < -0.4 is 15.8 Å². The lowest BCUT2D eigenvalue weighted by Crippen LogP contribution is -2.18. The average Bonchev–Trinajstić information content (AvgIpc) is 3.05. The third-order valence-corrected chi connectivity index (χ3v) is 4.10. The van der Waals surface area contributed by atoms with Crippen LogP contribution in [-0.2, 0) is 4.74 Å². The summed E-state index contributed by atoms with van der Waals surface area (Å²) in [6, 6.07) is 10.8. The molecule has 3 aromatic rings. The normalized spacial score (nSPS) is 10.4. The second-order valence-corrected chi connectivity index (χ2v) is 5.98. The third kappa shape index (κ3) is 4.18. The van der Waals surface area contributed by atoms with Crippen LogP contribution in [0.3, 0.4) is 0 Å². The summed E-state index contributed by atoms with van der Waals surface area (Å²) < 4.78 is 15.6. The molecule has 0 aliphatic carbocycles. The fraction of sp³-hybridized carbons (Fsp3) is 0.200. The molecule has 0 aliphatic rings. The number of amides is 1. The first-order chi connectivity index (χ1) is 13.9. The quantitative estimate of drug-likeness (QED) is 0.583. The van der Waals surface area contributed by atoms with E-state index >= 15 is 0 Å². The van der Waals surface area contributed by atoms with Crippen LogP contribution in [0, 0.1) is 6.92 Å². The minimum absolute atomic E-state index is 0.00421. The first kappa shape index (κ1) is 19.9. The number of primary amides is 1. The van der Waals surface area contributed by atoms with Gasteiger partial charge < -0.3 is 24.9 Å². The Kier molecular flexibility index (Phi) is 5.77. The summed E-state index contributed by atoms with van der Waals surface area (Å²) in [5.41, 5.74) is 6.85. The van der Waals surface area contributed by atoms with Crippen molar-refractivity contribution < 1.29 is 23.5 Å². The van der Waals surface area contributed by atoms with Crippen LogP contribution in [0.2, 0.25) is 0 Å². The van der Waals surface area contributed by atoms with Crippen LogP contribution >= 0.6 is 0 Å². The van der Waals surface area contributed by atoms with Crippen molar-refractivity contribution in [3.63, 3.8) is 0 Å². The fourth-order valence-corrected chi connectivity index (χ4v) is 2.75. The molecule has 0 saturated carbocycles. The number of carbonyl (C=O) groups excluding carboxylic acids is 2. The van der Waals surface area contributed by atoms with E-state index in [2.05, 4.69) is 15.5 Å². The number of rotatable bonds is 7. The topological polar surface area (TPSA) is 130 Å². The Balaban J connectivity index is 1.87. The molecule has 1 amide bonds. The summed E-state index contributed by atoms with van der Waals surface area (Å²) >= 11 is 0. The van der Waals surface area contributed by atoms with Crippen molar-refractivity contribution in [2.75, 3.05) is 19.0 Å². The van der Waals surface area contributed by atoms with Gasteiger partial charge in [-0.1, -0.05) is 0 Å². The van der Waals surface area contributed by atoms with Crippen molar-refractivity contribution >= 4 is 23.6 Å². The molecule has 29 heavy (non-hydrogen) atoms. The number of carbonyl (C=O) groups is 2. The lowest BCUT2D eigenvalue weighted by Gasteiger charge is -2.06. The monoisotopic (exact) mass is 396 g/mol. The molecule has 0 bridgehead atoms. The molecular formula is C20H20N4O5. The standard InChI is InChI=1S/C20H20N4O5/c1-4-28-20(26)16-11(2)29-19(17(16)18(21)25)22-15-10-9-14(23-24-15)12-5-7-13(27-3)8-6-12/h5-10H,4H2,1-3H3,(H2,21,25)(H,22,24). The van der Waals surface area contributed by atoms with E-state index in [4.69, 9.17) is 19.6 Å². The fourth-order valence-electron chi connectivity index (χ4n) is 2.75. The molecule has 0 saturated heterocycles. The van der Waals surface area contributed by atoms with Gasteiger partial charge in [0.15, 0.2) is 5.82 Å². The molecule has 0 fully saturated rings. The van der Waals surface area contributed by atoms with Crippen LogP contribution in [0.4, 0.5) is 11.7 Å². The lowest BCUT2D eigenvalue weighted by molar-refractivity contribution is 0.0521. The first-order valence-electron chi connectivity index (χ1n) is 8.80. The van der Waals surface area contributed by atoms with Gasteiger partial charge in [-0.05, 0) is 50.2 Å². The smallest absolute Gasteiger partial charge is 0.342 e. The van der Waals surface area contributed by atoms with Crippen LogP contribution in [0.15, 0.2) is 40.8 Å². The number of methoxy groups -OCH3 is 1. The lowest BCUT2D eigenvalue weighted by atomic mass is 10.1. The number of aryl methyl sites for hydroxylation is 1. The highest BCUT2D eigenvalue weighted by Crippen LogP contribution is 2.30. The average molecular weight is 396 g/mol. The molecule has 0 atom stereocenters. The number of nitrogens with zero attached hydrogens (tertiary/aromatic N) is 2. The zero-order chi connectivity index (χ0) is 21.0. The van der Waals surface area contributed by atoms with Crippen LogP contribution in [0.5, 0.6) is 5.75 Å². The number of hydrogen-bond donors (Lipinski definition) is 2. The Morgan fingerprint density at radius 3 is 2.38 bits per heavy atom. The summed E-state index contributed by atoms with van der Waals surface area (Å²) in [7, 11) is 1.60. The Morgan fingerprint density at radius 1 is 1.10 bits per heavy atom. The summed E-state index contributed by atoms with van der Waals surface area (Å²) in [6.07, 6.45) is 0. The maximum atomic E-state index is 12.1. The SMILES string of the molecule is CCOC(=O)c1c(C)oc(Nc2ccc(-c3ccc(OC)cc3)nn2)c1C(N)=O. The van der Waals surface area contributed by atoms with Crippen molar-refractivity contribution in [2.24, 2.45) is 5.73 Å². The number of nitrogens with two attached hydrogens (primary N) is 1.